The highest BCUT2D eigenvalue weighted by molar-refractivity contribution is 5.95. The minimum Gasteiger partial charge on any atom is -0.327 e. The molecule has 0 radical (unpaired) electrons. The van der Waals surface area contributed by atoms with Gasteiger partial charge in [-0.15, -0.1) is 12.4 Å². The van der Waals surface area contributed by atoms with Crippen molar-refractivity contribution in [3.8, 4) is 0 Å². The summed E-state index contributed by atoms with van der Waals surface area (Å²) in [6, 6.07) is 6.22. The van der Waals surface area contributed by atoms with Crippen LogP contribution in [0.4, 0.5) is 11.4 Å². The first-order chi connectivity index (χ1) is 12.5. The summed E-state index contributed by atoms with van der Waals surface area (Å²) in [6.45, 7) is 2.38. The Hall–Kier alpha value is -1.59. The molecule has 0 saturated heterocycles. The summed E-state index contributed by atoms with van der Waals surface area (Å²) in [5.74, 6) is 1.30. The average molecular weight is 392 g/mol. The summed E-state index contributed by atoms with van der Waals surface area (Å²) in [6.07, 6.45) is 7.36. The smallest absolute Gasteiger partial charge is 0.227 e. The lowest BCUT2D eigenvalue weighted by Gasteiger charge is -2.43. The quantitative estimate of drug-likeness (QED) is 0.810. The van der Waals surface area contributed by atoms with Crippen LogP contribution in [0.25, 0.3) is 0 Å². The summed E-state index contributed by atoms with van der Waals surface area (Å²) >= 11 is 0. The van der Waals surface area contributed by atoms with Crippen LogP contribution >= 0.6 is 12.4 Å². The molecule has 3 N–H and O–H groups in total. The first-order valence-corrected chi connectivity index (χ1v) is 10.0. The monoisotopic (exact) mass is 391 g/mol. The molecule has 2 aliphatic carbocycles. The second kappa shape index (κ2) is 8.19. The van der Waals surface area contributed by atoms with E-state index in [4.69, 9.17) is 5.73 Å². The fourth-order valence-electron chi connectivity index (χ4n) is 5.25. The summed E-state index contributed by atoms with van der Waals surface area (Å²) in [4.78, 5) is 26.5. The molecule has 3 aliphatic rings. The summed E-state index contributed by atoms with van der Waals surface area (Å²) in [7, 11) is 0. The van der Waals surface area contributed by atoms with E-state index in [1.54, 1.807) is 6.92 Å². The van der Waals surface area contributed by atoms with Gasteiger partial charge >= 0.3 is 0 Å². The van der Waals surface area contributed by atoms with Gasteiger partial charge in [-0.1, -0.05) is 6.42 Å². The fraction of sp³-hybridized carbons (Fsp3) is 0.619. The lowest BCUT2D eigenvalue weighted by Crippen LogP contribution is -2.48. The van der Waals surface area contributed by atoms with Gasteiger partial charge in [-0.2, -0.15) is 0 Å². The molecular weight excluding hydrogens is 362 g/mol. The van der Waals surface area contributed by atoms with Crippen LogP contribution in [-0.4, -0.2) is 24.4 Å². The lowest BCUT2D eigenvalue weighted by atomic mass is 9.65. The third-order valence-electron chi connectivity index (χ3n) is 6.63. The number of nitrogens with one attached hydrogen (secondary N) is 1. The van der Waals surface area contributed by atoms with Crippen LogP contribution in [0, 0.1) is 17.8 Å². The number of carbonyl (C=O) groups excluding carboxylic acids is 2. The minimum atomic E-state index is 0. The molecule has 1 aliphatic heterocycles. The van der Waals surface area contributed by atoms with Gasteiger partial charge in [0.1, 0.15) is 0 Å². The fourth-order valence-corrected chi connectivity index (χ4v) is 5.25. The molecular formula is C21H30ClN3O2. The largest absolute Gasteiger partial charge is 0.327 e. The predicted octanol–water partition coefficient (Wildman–Crippen LogP) is 3.50. The molecule has 2 unspecified atom stereocenters. The van der Waals surface area contributed by atoms with Crippen molar-refractivity contribution in [3.05, 3.63) is 23.8 Å². The molecule has 2 fully saturated rings. The normalized spacial score (nSPS) is 29.3. The second-order valence-electron chi connectivity index (χ2n) is 8.30. The van der Waals surface area contributed by atoms with Crippen molar-refractivity contribution in [1.29, 1.82) is 0 Å². The molecule has 0 spiro atoms. The van der Waals surface area contributed by atoms with E-state index in [1.807, 2.05) is 23.1 Å². The standard InChI is InChI=1S/C21H29N3O2.ClH/c1-13(25)24-9-3-6-14-12-18(7-8-19(14)24)23-21(26)17-10-15-4-2-5-16(11-17)20(15)22;/h7-8,12,15-17,20H,2-6,9-11,22H2,1H3,(H,23,26);1H. The van der Waals surface area contributed by atoms with Crippen molar-refractivity contribution in [2.75, 3.05) is 16.8 Å². The maximum atomic E-state index is 12.8. The zero-order valence-corrected chi connectivity index (χ0v) is 16.8. The van der Waals surface area contributed by atoms with Crippen molar-refractivity contribution in [2.45, 2.75) is 57.9 Å². The van der Waals surface area contributed by atoms with E-state index >= 15 is 0 Å². The van der Waals surface area contributed by atoms with E-state index in [1.165, 1.54) is 19.3 Å². The molecule has 2 bridgehead atoms. The van der Waals surface area contributed by atoms with Crippen molar-refractivity contribution in [2.24, 2.45) is 23.5 Å². The van der Waals surface area contributed by atoms with E-state index < -0.39 is 0 Å². The van der Waals surface area contributed by atoms with Crippen LogP contribution in [0.15, 0.2) is 18.2 Å². The predicted molar refractivity (Wildman–Crippen MR) is 110 cm³/mol. The van der Waals surface area contributed by atoms with Crippen LogP contribution in [0.2, 0.25) is 0 Å². The highest BCUT2D eigenvalue weighted by Gasteiger charge is 2.40. The zero-order valence-electron chi connectivity index (χ0n) is 15.9. The molecule has 1 heterocycles. The van der Waals surface area contributed by atoms with Gasteiger partial charge in [-0.25, -0.2) is 0 Å². The van der Waals surface area contributed by atoms with E-state index in [9.17, 15) is 9.59 Å². The number of hydrogen-bond donors (Lipinski definition) is 2. The molecule has 27 heavy (non-hydrogen) atoms. The lowest BCUT2D eigenvalue weighted by molar-refractivity contribution is -0.122. The Morgan fingerprint density at radius 2 is 1.85 bits per heavy atom. The molecule has 6 heteroatoms. The SMILES string of the molecule is CC(=O)N1CCCc2cc(NC(=O)C3CC4CCCC(C3)C4N)ccc21.Cl. The van der Waals surface area contributed by atoms with E-state index in [-0.39, 0.29) is 36.2 Å². The number of fused-ring (bicyclic) bond motifs is 3. The van der Waals surface area contributed by atoms with Crippen LogP contribution in [-0.2, 0) is 16.0 Å². The number of halogens is 1. The molecule has 0 aromatic heterocycles. The number of nitrogens with two attached hydrogens (primary N) is 1. The third-order valence-corrected chi connectivity index (χ3v) is 6.63. The molecule has 148 valence electrons. The second-order valence-corrected chi connectivity index (χ2v) is 8.30. The van der Waals surface area contributed by atoms with E-state index in [2.05, 4.69) is 5.32 Å². The van der Waals surface area contributed by atoms with E-state index in [0.717, 1.165) is 49.2 Å². The van der Waals surface area contributed by atoms with Gasteiger partial charge in [0.2, 0.25) is 11.8 Å². The van der Waals surface area contributed by atoms with Gasteiger partial charge in [0, 0.05) is 36.8 Å². The molecule has 2 amide bonds. The highest BCUT2D eigenvalue weighted by Crippen LogP contribution is 2.42. The van der Waals surface area contributed by atoms with Crippen molar-refractivity contribution < 1.29 is 9.59 Å². The van der Waals surface area contributed by atoms with Crippen LogP contribution in [0.3, 0.4) is 0 Å². The number of nitrogens with zero attached hydrogens (tertiary/aromatic N) is 1. The first kappa shape index (κ1) is 20.2. The van der Waals surface area contributed by atoms with Crippen molar-refractivity contribution in [3.63, 3.8) is 0 Å². The number of carbonyl (C=O) groups is 2. The zero-order chi connectivity index (χ0) is 18.3. The van der Waals surface area contributed by atoms with Gasteiger partial charge in [0.05, 0.1) is 0 Å². The summed E-state index contributed by atoms with van der Waals surface area (Å²) in [5, 5.41) is 3.13. The van der Waals surface area contributed by atoms with Gasteiger partial charge in [0.25, 0.3) is 0 Å². The van der Waals surface area contributed by atoms with Crippen molar-refractivity contribution >= 4 is 35.6 Å². The van der Waals surface area contributed by atoms with Gasteiger partial charge in [0.15, 0.2) is 0 Å². The molecule has 2 atom stereocenters. The topological polar surface area (TPSA) is 75.4 Å². The Bertz CT molecular complexity index is 709. The van der Waals surface area contributed by atoms with Crippen molar-refractivity contribution in [1.82, 2.24) is 0 Å². The van der Waals surface area contributed by atoms with Crippen LogP contribution in [0.1, 0.15) is 51.0 Å². The Kier molecular flexibility index (Phi) is 6.11. The molecule has 2 saturated carbocycles. The Labute approximate surface area is 167 Å². The maximum Gasteiger partial charge on any atom is 0.227 e. The number of anilines is 2. The Morgan fingerprint density at radius 1 is 1.15 bits per heavy atom. The maximum absolute atomic E-state index is 12.8. The van der Waals surface area contributed by atoms with Gasteiger partial charge in [-0.05, 0) is 74.1 Å². The van der Waals surface area contributed by atoms with Crippen LogP contribution < -0.4 is 16.0 Å². The molecule has 4 rings (SSSR count). The number of rotatable bonds is 2. The first-order valence-electron chi connectivity index (χ1n) is 10.0. The number of aryl methyl sites for hydroxylation is 1. The summed E-state index contributed by atoms with van der Waals surface area (Å²) < 4.78 is 0. The van der Waals surface area contributed by atoms with E-state index in [0.29, 0.717) is 11.8 Å². The number of hydrogen-bond acceptors (Lipinski definition) is 3. The average Bonchev–Trinajstić information content (AvgIpc) is 2.60. The number of amides is 2. The van der Waals surface area contributed by atoms with Gasteiger partial charge in [-0.3, -0.25) is 9.59 Å². The minimum absolute atomic E-state index is 0. The molecule has 1 aromatic rings. The third kappa shape index (κ3) is 3.99. The molecule has 5 nitrogen and oxygen atoms in total. The highest BCUT2D eigenvalue weighted by atomic mass is 35.5. The molecule has 1 aromatic carbocycles. The van der Waals surface area contributed by atoms with Gasteiger partial charge < -0.3 is 16.0 Å². The van der Waals surface area contributed by atoms with Crippen LogP contribution in [0.5, 0.6) is 0 Å². The Balaban J connectivity index is 0.00000210. The Morgan fingerprint density at radius 3 is 2.52 bits per heavy atom. The number of benzene rings is 1. The summed E-state index contributed by atoms with van der Waals surface area (Å²) in [5.41, 5.74) is 9.33.